The van der Waals surface area contributed by atoms with Crippen molar-refractivity contribution >= 4 is 17.1 Å². The minimum absolute atomic E-state index is 0.271. The second kappa shape index (κ2) is 9.14. The van der Waals surface area contributed by atoms with Gasteiger partial charge in [-0.25, -0.2) is 9.18 Å². The molecule has 0 unspecified atom stereocenters. The van der Waals surface area contributed by atoms with E-state index in [1.165, 1.54) is 33.4 Å². The molecule has 0 atom stereocenters. The highest BCUT2D eigenvalue weighted by Crippen LogP contribution is 2.23. The number of hydrogen-bond acceptors (Lipinski definition) is 5. The van der Waals surface area contributed by atoms with Crippen LogP contribution in [0.15, 0.2) is 52.1 Å². The van der Waals surface area contributed by atoms with Crippen LogP contribution in [0, 0.1) is 19.7 Å². The lowest BCUT2D eigenvalue weighted by Crippen LogP contribution is -2.47. The molecule has 8 nitrogen and oxygen atoms in total. The minimum Gasteiger partial charge on any atom is -0.340 e. The number of hydrogen-bond donors (Lipinski definition) is 1. The maximum atomic E-state index is 13.9. The number of aryl methyl sites for hydroxylation is 3. The number of piperazine rings is 1. The molecule has 1 saturated heterocycles. The molecule has 3 heterocycles. The molecule has 182 valence electrons. The Morgan fingerprint density at radius 1 is 1.00 bits per heavy atom. The Hall–Kier alpha value is -3.72. The zero-order valence-corrected chi connectivity index (χ0v) is 20.2. The molecule has 1 fully saturated rings. The molecule has 0 bridgehead atoms. The normalized spacial score (nSPS) is 14.7. The van der Waals surface area contributed by atoms with Crippen molar-refractivity contribution < 1.29 is 4.39 Å². The molecule has 0 amide bonds. The Balaban J connectivity index is 1.46. The lowest BCUT2D eigenvalue weighted by atomic mass is 10.0. The molecule has 0 saturated carbocycles. The monoisotopic (exact) mass is 476 g/mol. The molecule has 0 spiro atoms. The van der Waals surface area contributed by atoms with E-state index in [-0.39, 0.29) is 12.4 Å². The predicted molar refractivity (Wildman–Crippen MR) is 135 cm³/mol. The number of anilines is 1. The van der Waals surface area contributed by atoms with Gasteiger partial charge in [-0.3, -0.25) is 23.8 Å². The first-order valence-electron chi connectivity index (χ1n) is 11.8. The highest BCUT2D eigenvalue weighted by molar-refractivity contribution is 5.74. The maximum absolute atomic E-state index is 13.9. The van der Waals surface area contributed by atoms with Crippen molar-refractivity contribution in [2.24, 2.45) is 7.05 Å². The van der Waals surface area contributed by atoms with Gasteiger partial charge in [-0.05, 0) is 42.7 Å². The molecule has 5 rings (SSSR count). The summed E-state index contributed by atoms with van der Waals surface area (Å²) in [5.74, 6) is 0.275. The van der Waals surface area contributed by atoms with Crippen LogP contribution in [0.2, 0.25) is 0 Å². The molecule has 9 heteroatoms. The molecule has 2 aromatic carbocycles. The summed E-state index contributed by atoms with van der Waals surface area (Å²) in [6.07, 6.45) is 0. The number of H-pyrrole nitrogens is 1. The third kappa shape index (κ3) is 4.51. The predicted octanol–water partition coefficient (Wildman–Crippen LogP) is 2.55. The van der Waals surface area contributed by atoms with E-state index in [0.717, 1.165) is 32.7 Å². The van der Waals surface area contributed by atoms with E-state index in [4.69, 9.17) is 4.98 Å². The van der Waals surface area contributed by atoms with Gasteiger partial charge in [0.1, 0.15) is 5.82 Å². The molecule has 0 aliphatic carbocycles. The summed E-state index contributed by atoms with van der Waals surface area (Å²) in [5, 5.41) is 0. The Morgan fingerprint density at radius 2 is 1.77 bits per heavy atom. The number of nitrogens with one attached hydrogen (secondary N) is 1. The summed E-state index contributed by atoms with van der Waals surface area (Å²) in [6, 6.07) is 12.8. The first-order chi connectivity index (χ1) is 16.8. The fraction of sp³-hybridized carbons (Fsp3) is 0.346. The zero-order chi connectivity index (χ0) is 24.7. The fourth-order valence-electron chi connectivity index (χ4n) is 4.75. The summed E-state index contributed by atoms with van der Waals surface area (Å²) >= 11 is 0. The molecule has 35 heavy (non-hydrogen) atoms. The Morgan fingerprint density at radius 3 is 2.51 bits per heavy atom. The second-order valence-corrected chi connectivity index (χ2v) is 9.31. The van der Waals surface area contributed by atoms with E-state index in [2.05, 4.69) is 46.8 Å². The van der Waals surface area contributed by atoms with Gasteiger partial charge in [0.15, 0.2) is 11.2 Å². The molecule has 1 aliphatic rings. The summed E-state index contributed by atoms with van der Waals surface area (Å²) in [5.41, 5.74) is 4.22. The van der Waals surface area contributed by atoms with Crippen LogP contribution in [-0.2, 0) is 20.1 Å². The highest BCUT2D eigenvalue weighted by atomic mass is 19.1. The largest absolute Gasteiger partial charge is 0.340 e. The van der Waals surface area contributed by atoms with E-state index >= 15 is 0 Å². The first-order valence-corrected chi connectivity index (χ1v) is 11.8. The number of aromatic nitrogens is 4. The van der Waals surface area contributed by atoms with Crippen LogP contribution in [0.1, 0.15) is 22.3 Å². The topological polar surface area (TPSA) is 79.2 Å². The van der Waals surface area contributed by atoms with E-state index < -0.39 is 11.2 Å². The number of fused-ring (bicyclic) bond motifs is 1. The van der Waals surface area contributed by atoms with E-state index in [1.54, 1.807) is 17.7 Å². The fourth-order valence-corrected chi connectivity index (χ4v) is 4.75. The number of rotatable bonds is 5. The van der Waals surface area contributed by atoms with Gasteiger partial charge in [0.2, 0.25) is 5.95 Å². The van der Waals surface area contributed by atoms with Crippen molar-refractivity contribution in [1.82, 2.24) is 24.0 Å². The van der Waals surface area contributed by atoms with Crippen LogP contribution in [0.4, 0.5) is 10.3 Å². The third-order valence-electron chi connectivity index (χ3n) is 6.77. The molecule has 0 radical (unpaired) electrons. The number of benzene rings is 2. The van der Waals surface area contributed by atoms with Crippen LogP contribution in [-0.4, -0.2) is 50.2 Å². The minimum atomic E-state index is -0.511. The van der Waals surface area contributed by atoms with Crippen LogP contribution >= 0.6 is 0 Å². The molecular weight excluding hydrogens is 447 g/mol. The average molecular weight is 477 g/mol. The van der Waals surface area contributed by atoms with E-state index in [0.29, 0.717) is 22.7 Å². The van der Waals surface area contributed by atoms with Gasteiger partial charge < -0.3 is 4.90 Å². The standard InChI is InChI=1S/C26H29FN6O2/c1-17-7-8-18(2)20(13-17)16-31-9-11-32(12-10-31)25-28-23-22(24(34)29-26(35)30(23)3)33(25)15-19-5-4-6-21(27)14-19/h4-8,13-14H,9-12,15-16H2,1-3H3,(H,29,34,35). The Bertz CT molecular complexity index is 1510. The molecule has 4 aromatic rings. The smallest absolute Gasteiger partial charge is 0.329 e. The Labute approximate surface area is 202 Å². The van der Waals surface area contributed by atoms with Crippen molar-refractivity contribution in [2.75, 3.05) is 31.1 Å². The first kappa shape index (κ1) is 23.0. The summed E-state index contributed by atoms with van der Waals surface area (Å²) in [7, 11) is 1.59. The zero-order valence-electron chi connectivity index (χ0n) is 20.2. The quantitative estimate of drug-likeness (QED) is 0.479. The average Bonchev–Trinajstić information content (AvgIpc) is 3.20. The molecule has 1 N–H and O–H groups in total. The van der Waals surface area contributed by atoms with Crippen molar-refractivity contribution in [1.29, 1.82) is 0 Å². The number of nitrogens with zero attached hydrogens (tertiary/aromatic N) is 5. The van der Waals surface area contributed by atoms with Crippen molar-refractivity contribution in [3.8, 4) is 0 Å². The van der Waals surface area contributed by atoms with E-state index in [9.17, 15) is 14.0 Å². The lowest BCUT2D eigenvalue weighted by Gasteiger charge is -2.35. The van der Waals surface area contributed by atoms with Crippen molar-refractivity contribution in [3.05, 3.63) is 91.4 Å². The van der Waals surface area contributed by atoms with Crippen molar-refractivity contribution in [2.45, 2.75) is 26.9 Å². The Kier molecular flexibility index (Phi) is 6.02. The van der Waals surface area contributed by atoms with Gasteiger partial charge >= 0.3 is 5.69 Å². The van der Waals surface area contributed by atoms with Crippen LogP contribution in [0.3, 0.4) is 0 Å². The van der Waals surface area contributed by atoms with Crippen LogP contribution in [0.5, 0.6) is 0 Å². The SMILES string of the molecule is Cc1ccc(C)c(CN2CCN(c3nc4c(c(=O)[nH]c(=O)n4C)n3Cc3cccc(F)c3)CC2)c1. The molecule has 2 aromatic heterocycles. The van der Waals surface area contributed by atoms with Crippen LogP contribution in [0.25, 0.3) is 11.2 Å². The summed E-state index contributed by atoms with van der Waals surface area (Å²) in [6.45, 7) is 8.54. The van der Waals surface area contributed by atoms with Gasteiger partial charge in [-0.1, -0.05) is 35.9 Å². The number of aromatic amines is 1. The van der Waals surface area contributed by atoms with Gasteiger partial charge in [0.05, 0.1) is 6.54 Å². The van der Waals surface area contributed by atoms with Gasteiger partial charge in [0.25, 0.3) is 5.56 Å². The number of halogens is 1. The number of imidazole rings is 1. The van der Waals surface area contributed by atoms with Crippen LogP contribution < -0.4 is 16.1 Å². The lowest BCUT2D eigenvalue weighted by molar-refractivity contribution is 0.248. The molecular formula is C26H29FN6O2. The van der Waals surface area contributed by atoms with Gasteiger partial charge in [-0.2, -0.15) is 4.98 Å². The summed E-state index contributed by atoms with van der Waals surface area (Å²) in [4.78, 5) is 36.7. The van der Waals surface area contributed by atoms with Gasteiger partial charge in [0, 0.05) is 39.8 Å². The van der Waals surface area contributed by atoms with Crippen molar-refractivity contribution in [3.63, 3.8) is 0 Å². The maximum Gasteiger partial charge on any atom is 0.329 e. The third-order valence-corrected chi connectivity index (χ3v) is 6.77. The highest BCUT2D eigenvalue weighted by Gasteiger charge is 2.25. The van der Waals surface area contributed by atoms with Gasteiger partial charge in [-0.15, -0.1) is 0 Å². The second-order valence-electron chi connectivity index (χ2n) is 9.31. The summed E-state index contributed by atoms with van der Waals surface area (Å²) < 4.78 is 17.0. The van der Waals surface area contributed by atoms with E-state index in [1.807, 2.05) is 6.07 Å². The molecule has 1 aliphatic heterocycles.